The van der Waals surface area contributed by atoms with Crippen LogP contribution in [0.5, 0.6) is 0 Å². The topological polar surface area (TPSA) is 103 Å². The maximum atomic E-state index is 13.6. The molecule has 0 spiro atoms. The quantitative estimate of drug-likeness (QED) is 0.445. The van der Waals surface area contributed by atoms with Crippen molar-refractivity contribution in [3.63, 3.8) is 0 Å². The first-order chi connectivity index (χ1) is 17.3. The van der Waals surface area contributed by atoms with Crippen LogP contribution in [0.3, 0.4) is 0 Å². The molecule has 1 aliphatic heterocycles. The van der Waals surface area contributed by atoms with Gasteiger partial charge in [0.05, 0.1) is 11.0 Å². The summed E-state index contributed by atoms with van der Waals surface area (Å²) in [4.78, 5) is 47.8. The van der Waals surface area contributed by atoms with Gasteiger partial charge in [-0.1, -0.05) is 12.1 Å². The first kappa shape index (κ1) is 29.3. The van der Waals surface area contributed by atoms with Crippen molar-refractivity contribution >= 4 is 29.3 Å². The lowest BCUT2D eigenvalue weighted by Gasteiger charge is -2.46. The number of carbonyl (C=O) groups is 3. The van der Waals surface area contributed by atoms with Crippen molar-refractivity contribution in [3.8, 4) is 0 Å². The van der Waals surface area contributed by atoms with Gasteiger partial charge in [0.15, 0.2) is 0 Å². The number of ether oxygens (including phenoxy) is 3. The highest BCUT2D eigenvalue weighted by Crippen LogP contribution is 2.40. The molecule has 0 saturated carbocycles. The normalized spacial score (nSPS) is 16.2. The van der Waals surface area contributed by atoms with Crippen molar-refractivity contribution in [2.45, 2.75) is 97.5 Å². The summed E-state index contributed by atoms with van der Waals surface area (Å²) < 4.78 is 18.5. The fourth-order valence-corrected chi connectivity index (χ4v) is 4.43. The molecule has 0 atom stereocenters. The Morgan fingerprint density at radius 2 is 1.32 bits per heavy atom. The predicted octanol–water partition coefficient (Wildman–Crippen LogP) is 5.91. The minimum atomic E-state index is -1.06. The predicted molar refractivity (Wildman–Crippen MR) is 144 cm³/mol. The number of benzene rings is 1. The zero-order valence-electron chi connectivity index (χ0n) is 24.4. The van der Waals surface area contributed by atoms with Crippen LogP contribution in [0, 0.1) is 0 Å². The molecule has 10 nitrogen and oxygen atoms in total. The summed E-state index contributed by atoms with van der Waals surface area (Å²) in [6.07, 6.45) is -0.937. The summed E-state index contributed by atoms with van der Waals surface area (Å²) >= 11 is 0. The number of fused-ring (bicyclic) bond motifs is 1. The average Bonchev–Trinajstić information content (AvgIpc) is 3.15. The van der Waals surface area contributed by atoms with E-state index in [1.165, 1.54) is 9.47 Å². The van der Waals surface area contributed by atoms with E-state index in [2.05, 4.69) is 0 Å². The summed E-state index contributed by atoms with van der Waals surface area (Å²) in [7, 11) is 1.65. The molecule has 210 valence electrons. The van der Waals surface area contributed by atoms with Gasteiger partial charge in [0.25, 0.3) is 0 Å². The number of carbonyl (C=O) groups excluding carboxylic acids is 3. The molecule has 3 rings (SSSR count). The average molecular weight is 531 g/mol. The number of piperidine rings is 1. The molecule has 1 aromatic heterocycles. The van der Waals surface area contributed by atoms with Crippen LogP contribution in [-0.2, 0) is 19.7 Å². The molecule has 2 aromatic rings. The Kier molecular flexibility index (Phi) is 7.78. The zero-order valence-corrected chi connectivity index (χ0v) is 24.4. The highest BCUT2D eigenvalue weighted by molar-refractivity contribution is 5.88. The summed E-state index contributed by atoms with van der Waals surface area (Å²) in [5.41, 5.74) is -2.00. The molecule has 2 heterocycles. The highest BCUT2D eigenvalue weighted by Gasteiger charge is 2.49. The molecular weight excluding hydrogens is 488 g/mol. The number of para-hydroxylation sites is 2. The van der Waals surface area contributed by atoms with E-state index in [0.29, 0.717) is 42.8 Å². The van der Waals surface area contributed by atoms with Crippen molar-refractivity contribution in [3.05, 3.63) is 30.1 Å². The van der Waals surface area contributed by atoms with Crippen LogP contribution in [0.1, 0.15) is 81.0 Å². The molecule has 0 aliphatic carbocycles. The van der Waals surface area contributed by atoms with Gasteiger partial charge < -0.3 is 19.1 Å². The first-order valence-electron chi connectivity index (χ1n) is 13.0. The third-order valence-corrected chi connectivity index (χ3v) is 6.10. The maximum absolute atomic E-state index is 13.6. The number of nitrogens with zero attached hydrogens (tertiary/aromatic N) is 4. The number of hydrogen-bond acceptors (Lipinski definition) is 7. The standard InChI is InChI=1S/C28H42N4O6/c1-25(2,3)36-22(33)30(10)28(15-17-31(18-16-28)23(34)37-26(4,5)6)21-29-19-13-11-12-14-20(19)32(21)24(35)38-27(7,8)9/h11-14H,15-18H2,1-10H3. The summed E-state index contributed by atoms with van der Waals surface area (Å²) in [6.45, 7) is 16.8. The molecule has 1 fully saturated rings. The largest absolute Gasteiger partial charge is 0.444 e. The Labute approximate surface area is 225 Å². The van der Waals surface area contributed by atoms with E-state index < -0.39 is 40.6 Å². The number of rotatable bonds is 2. The molecule has 1 aliphatic rings. The summed E-state index contributed by atoms with van der Waals surface area (Å²) in [5.74, 6) is 0.366. The van der Waals surface area contributed by atoms with E-state index in [-0.39, 0.29) is 0 Å². The molecule has 38 heavy (non-hydrogen) atoms. The Bertz CT molecular complexity index is 1190. The van der Waals surface area contributed by atoms with E-state index in [1.54, 1.807) is 59.6 Å². The Balaban J connectivity index is 2.13. The van der Waals surface area contributed by atoms with E-state index in [4.69, 9.17) is 19.2 Å². The fourth-order valence-electron chi connectivity index (χ4n) is 4.43. The van der Waals surface area contributed by atoms with Gasteiger partial charge in [0, 0.05) is 20.1 Å². The zero-order chi connectivity index (χ0) is 28.7. The summed E-state index contributed by atoms with van der Waals surface area (Å²) in [6, 6.07) is 7.28. The van der Waals surface area contributed by atoms with Crippen molar-refractivity contribution in [1.29, 1.82) is 0 Å². The van der Waals surface area contributed by atoms with Crippen LogP contribution in [0.2, 0.25) is 0 Å². The number of aromatic nitrogens is 2. The first-order valence-corrected chi connectivity index (χ1v) is 13.0. The monoisotopic (exact) mass is 530 g/mol. The van der Waals surface area contributed by atoms with E-state index in [9.17, 15) is 14.4 Å². The number of imidazole rings is 1. The Morgan fingerprint density at radius 1 is 0.816 bits per heavy atom. The lowest BCUT2D eigenvalue weighted by Crippen LogP contribution is -2.57. The van der Waals surface area contributed by atoms with Crippen LogP contribution < -0.4 is 0 Å². The molecule has 0 N–H and O–H groups in total. The van der Waals surface area contributed by atoms with Gasteiger partial charge in [-0.25, -0.2) is 23.9 Å². The lowest BCUT2D eigenvalue weighted by molar-refractivity contribution is -0.0248. The molecule has 2 amide bonds. The van der Waals surface area contributed by atoms with Crippen molar-refractivity contribution in [2.24, 2.45) is 0 Å². The van der Waals surface area contributed by atoms with Crippen LogP contribution in [-0.4, -0.2) is 74.6 Å². The van der Waals surface area contributed by atoms with Crippen LogP contribution in [0.15, 0.2) is 24.3 Å². The van der Waals surface area contributed by atoms with Gasteiger partial charge in [-0.05, 0) is 87.3 Å². The number of hydrogen-bond donors (Lipinski definition) is 0. The second kappa shape index (κ2) is 10.1. The smallest absolute Gasteiger partial charge is 0.420 e. The molecular formula is C28H42N4O6. The lowest BCUT2D eigenvalue weighted by atomic mass is 9.85. The van der Waals surface area contributed by atoms with Gasteiger partial charge >= 0.3 is 18.3 Å². The Hall–Kier alpha value is -3.30. The van der Waals surface area contributed by atoms with Gasteiger partial charge in [0.1, 0.15) is 28.2 Å². The van der Waals surface area contributed by atoms with E-state index >= 15 is 0 Å². The van der Waals surface area contributed by atoms with Gasteiger partial charge in [-0.15, -0.1) is 0 Å². The van der Waals surface area contributed by atoms with Crippen LogP contribution in [0.25, 0.3) is 11.0 Å². The number of amides is 2. The van der Waals surface area contributed by atoms with Crippen LogP contribution >= 0.6 is 0 Å². The molecule has 0 bridgehead atoms. The number of likely N-dealkylation sites (tertiary alicyclic amines) is 1. The summed E-state index contributed by atoms with van der Waals surface area (Å²) in [5, 5.41) is 0. The third-order valence-electron chi connectivity index (χ3n) is 6.10. The van der Waals surface area contributed by atoms with Gasteiger partial charge in [0.2, 0.25) is 0 Å². The minimum Gasteiger partial charge on any atom is -0.444 e. The van der Waals surface area contributed by atoms with Gasteiger partial charge in [-0.3, -0.25) is 4.90 Å². The second-order valence-electron chi connectivity index (χ2n) is 12.8. The molecule has 1 saturated heterocycles. The second-order valence-corrected chi connectivity index (χ2v) is 12.8. The van der Waals surface area contributed by atoms with E-state index in [1.807, 2.05) is 39.0 Å². The molecule has 10 heteroatoms. The van der Waals surface area contributed by atoms with Crippen molar-refractivity contribution in [2.75, 3.05) is 20.1 Å². The minimum absolute atomic E-state index is 0.291. The molecule has 1 aromatic carbocycles. The van der Waals surface area contributed by atoms with Crippen molar-refractivity contribution < 1.29 is 28.6 Å². The molecule has 0 radical (unpaired) electrons. The maximum Gasteiger partial charge on any atom is 0.420 e. The third kappa shape index (κ3) is 6.57. The molecule has 0 unspecified atom stereocenters. The highest BCUT2D eigenvalue weighted by atomic mass is 16.6. The van der Waals surface area contributed by atoms with E-state index in [0.717, 1.165) is 0 Å². The van der Waals surface area contributed by atoms with Gasteiger partial charge in [-0.2, -0.15) is 0 Å². The SMILES string of the molecule is CN(C(=O)OC(C)(C)C)C1(c2nc3ccccc3n2C(=O)OC(C)(C)C)CCN(C(=O)OC(C)(C)C)CC1. The Morgan fingerprint density at radius 3 is 1.84 bits per heavy atom. The fraction of sp³-hybridized carbons (Fsp3) is 0.643. The van der Waals surface area contributed by atoms with Crippen molar-refractivity contribution in [1.82, 2.24) is 19.4 Å². The van der Waals surface area contributed by atoms with Crippen LogP contribution in [0.4, 0.5) is 14.4 Å².